The molecule has 308 valence electrons. The molecule has 0 aromatic rings. The van der Waals surface area contributed by atoms with Crippen LogP contribution in [0.5, 0.6) is 0 Å². The van der Waals surface area contributed by atoms with Crippen LogP contribution in [0.4, 0.5) is 0 Å². The highest BCUT2D eigenvalue weighted by Crippen LogP contribution is 2.58. The molecule has 0 aromatic heterocycles. The molecule has 13 atom stereocenters. The first-order chi connectivity index (χ1) is 24.5. The first-order valence-corrected chi connectivity index (χ1v) is 24.7. The van der Waals surface area contributed by atoms with Gasteiger partial charge in [-0.1, -0.05) is 40.5 Å². The Balaban J connectivity index is 1.80. The van der Waals surface area contributed by atoms with E-state index in [2.05, 4.69) is 4.52 Å². The van der Waals surface area contributed by atoms with Gasteiger partial charge in [0.2, 0.25) is 0 Å². The lowest BCUT2D eigenvalue weighted by atomic mass is 9.73. The minimum Gasteiger partial charge on any atom is -0.390 e. The van der Waals surface area contributed by atoms with Crippen LogP contribution in [-0.4, -0.2) is 123 Å². The lowest BCUT2D eigenvalue weighted by Crippen LogP contribution is -2.46. The van der Waals surface area contributed by atoms with Crippen molar-refractivity contribution in [2.75, 3.05) is 20.3 Å². The lowest BCUT2D eigenvalue weighted by Gasteiger charge is -2.43. The van der Waals surface area contributed by atoms with Crippen LogP contribution in [-0.2, 0) is 62.3 Å². The summed E-state index contributed by atoms with van der Waals surface area (Å²) in [5.74, 6) is -0.758. The van der Waals surface area contributed by atoms with Crippen LogP contribution in [0.25, 0.3) is 0 Å². The number of phosphoric ester groups is 2. The Bertz CT molecular complexity index is 1320. The summed E-state index contributed by atoms with van der Waals surface area (Å²) in [4.78, 5) is 32.7. The molecule has 0 saturated carbocycles. The molecule has 0 aliphatic carbocycles. The first kappa shape index (κ1) is 48.2. The van der Waals surface area contributed by atoms with Crippen molar-refractivity contribution in [3.63, 3.8) is 0 Å². The summed E-state index contributed by atoms with van der Waals surface area (Å²) in [5.41, 5.74) is -3.28. The van der Waals surface area contributed by atoms with Gasteiger partial charge in [0, 0.05) is 43.4 Å². The van der Waals surface area contributed by atoms with Gasteiger partial charge in [-0.25, -0.2) is 9.13 Å². The Kier molecular flexibility index (Phi) is 17.9. The average molecular weight is 834 g/mol. The fraction of sp³-hybridized carbons (Fsp3) is 1.00. The van der Waals surface area contributed by atoms with Gasteiger partial charge >= 0.3 is 22.4 Å². The molecule has 15 nitrogen and oxygen atoms in total. The third-order valence-electron chi connectivity index (χ3n) is 11.1. The van der Waals surface area contributed by atoms with Crippen LogP contribution >= 0.6 is 22.4 Å². The summed E-state index contributed by atoms with van der Waals surface area (Å²) >= 11 is 5.45. The van der Waals surface area contributed by atoms with Crippen molar-refractivity contribution in [3.05, 3.63) is 0 Å². The maximum absolute atomic E-state index is 14.0. The molecule has 0 radical (unpaired) electrons. The highest BCUT2D eigenvalue weighted by Gasteiger charge is 2.54. The summed E-state index contributed by atoms with van der Waals surface area (Å²) in [6.45, 7) is 6.85. The number of unbranched alkanes of at least 4 members (excludes halogenated alkanes) is 1. The maximum atomic E-state index is 14.0. The zero-order valence-electron chi connectivity index (χ0n) is 33.2. The average Bonchev–Trinajstić information content (AvgIpc) is 3.73. The van der Waals surface area contributed by atoms with E-state index in [0.717, 1.165) is 13.5 Å². The Morgan fingerprint density at radius 2 is 1.25 bits per heavy atom. The fourth-order valence-corrected chi connectivity index (χ4v) is 12.3. The molecule has 3 aliphatic heterocycles. The van der Waals surface area contributed by atoms with Crippen molar-refractivity contribution in [2.45, 2.75) is 165 Å². The van der Waals surface area contributed by atoms with Crippen molar-refractivity contribution in [1.29, 1.82) is 0 Å². The smallest absolute Gasteiger partial charge is 0.390 e. The molecule has 3 saturated heterocycles. The quantitative estimate of drug-likeness (QED) is 0.0865. The van der Waals surface area contributed by atoms with Crippen molar-refractivity contribution in [2.24, 2.45) is 11.8 Å². The van der Waals surface area contributed by atoms with Crippen LogP contribution in [0.1, 0.15) is 106 Å². The standard InChI is InChI=1S/C31H64B3O15P3S/c1-8-12-13-31(11-4,20-14-26(32)44-23(20)17-29(5,6)47-50(36,37)41-7)48-51(38,39)42-18-24-21(15-27(33)45-24)30(9-2,10-3)49-52(40,53)43-19-25-22(35)16-28(34)46-25/h20-28,35H,8-19,32-34H2,1-7H3,(H,36,37)(H,38,39)(H,40,53). The third kappa shape index (κ3) is 13.4. The summed E-state index contributed by atoms with van der Waals surface area (Å²) in [7, 11) is -2.29. The van der Waals surface area contributed by atoms with Crippen LogP contribution in [0.3, 0.4) is 0 Å². The number of aliphatic hydroxyl groups is 1. The Morgan fingerprint density at radius 3 is 1.75 bits per heavy atom. The highest BCUT2D eigenvalue weighted by atomic mass is 32.5. The Hall–Kier alpha value is 0.785. The van der Waals surface area contributed by atoms with Crippen LogP contribution in [0.15, 0.2) is 0 Å². The van der Waals surface area contributed by atoms with Crippen LogP contribution in [0.2, 0.25) is 0 Å². The number of ether oxygens (including phenoxy) is 3. The van der Waals surface area contributed by atoms with Crippen molar-refractivity contribution in [1.82, 2.24) is 0 Å². The molecule has 3 aliphatic rings. The minimum absolute atomic E-state index is 0.124. The number of hydrogen-bond acceptors (Lipinski definition) is 13. The Morgan fingerprint density at radius 1 is 0.736 bits per heavy atom. The fourth-order valence-electron chi connectivity index (χ4n) is 8.42. The zero-order chi connectivity index (χ0) is 40.0. The molecule has 0 spiro atoms. The van der Waals surface area contributed by atoms with Gasteiger partial charge in [-0.05, 0) is 70.6 Å². The molecule has 3 fully saturated rings. The monoisotopic (exact) mass is 834 g/mol. The number of aliphatic hydroxyl groups excluding tert-OH is 1. The molecule has 0 amide bonds. The first-order valence-electron chi connectivity index (χ1n) is 19.1. The van der Waals surface area contributed by atoms with E-state index in [1.807, 2.05) is 51.2 Å². The molecule has 3 rings (SSSR count). The number of rotatable bonds is 23. The maximum Gasteiger partial charge on any atom is 0.472 e. The number of phosphoric acid groups is 2. The molecule has 13 unspecified atom stereocenters. The summed E-state index contributed by atoms with van der Waals surface area (Å²) in [6.07, 6.45) is 2.31. The Labute approximate surface area is 324 Å². The molecule has 3 heterocycles. The predicted octanol–water partition coefficient (Wildman–Crippen LogP) is 3.04. The summed E-state index contributed by atoms with van der Waals surface area (Å²) < 4.78 is 78.7. The summed E-state index contributed by atoms with van der Waals surface area (Å²) in [6, 6.07) is -0.601. The lowest BCUT2D eigenvalue weighted by molar-refractivity contribution is -0.0888. The topological polar surface area (TPSA) is 198 Å². The van der Waals surface area contributed by atoms with Gasteiger partial charge < -0.3 is 43.0 Å². The number of hydrogen-bond donors (Lipinski definition) is 4. The van der Waals surface area contributed by atoms with E-state index >= 15 is 0 Å². The SMILES string of the molecule is BC1CC(O)C(COP(O)(=S)OC(CC)(CC)C2CC(B)OC2COP(=O)(O)OC(CC)(CCCC)C2CC(B)OC2CC(C)(C)OP(=O)(O)OC)O1. The molecule has 0 aromatic carbocycles. The van der Waals surface area contributed by atoms with E-state index in [0.29, 0.717) is 51.4 Å². The van der Waals surface area contributed by atoms with Gasteiger partial charge in [-0.15, -0.1) is 0 Å². The summed E-state index contributed by atoms with van der Waals surface area (Å²) in [5, 5.41) is 10.3. The van der Waals surface area contributed by atoms with Gasteiger partial charge in [-0.3, -0.25) is 18.1 Å². The highest BCUT2D eigenvalue weighted by molar-refractivity contribution is 8.07. The second-order valence-electron chi connectivity index (χ2n) is 15.7. The second kappa shape index (κ2) is 19.7. The molecule has 4 N–H and O–H groups in total. The largest absolute Gasteiger partial charge is 0.472 e. The molecule has 22 heteroatoms. The van der Waals surface area contributed by atoms with Gasteiger partial charge in [0.15, 0.2) is 0 Å². The van der Waals surface area contributed by atoms with Crippen molar-refractivity contribution >= 4 is 57.7 Å². The van der Waals surface area contributed by atoms with Crippen LogP contribution in [0, 0.1) is 11.8 Å². The van der Waals surface area contributed by atoms with E-state index in [4.69, 9.17) is 48.6 Å². The van der Waals surface area contributed by atoms with E-state index in [9.17, 15) is 28.9 Å². The van der Waals surface area contributed by atoms with Gasteiger partial charge in [-0.2, -0.15) is 0 Å². The third-order valence-corrected chi connectivity index (χ3v) is 14.9. The van der Waals surface area contributed by atoms with Crippen molar-refractivity contribution < 1.29 is 70.3 Å². The van der Waals surface area contributed by atoms with E-state index in [-0.39, 0.29) is 49.5 Å². The zero-order valence-corrected chi connectivity index (χ0v) is 36.7. The van der Waals surface area contributed by atoms with Crippen LogP contribution < -0.4 is 0 Å². The molecule has 53 heavy (non-hydrogen) atoms. The van der Waals surface area contributed by atoms with E-state index < -0.39 is 63.6 Å². The van der Waals surface area contributed by atoms with Gasteiger partial charge in [0.05, 0.1) is 48.3 Å². The van der Waals surface area contributed by atoms with Gasteiger partial charge in [0.25, 0.3) is 0 Å². The second-order valence-corrected chi connectivity index (χ2v) is 21.3. The normalized spacial score (nSPS) is 34.4. The molecular weight excluding hydrogens is 770 g/mol. The van der Waals surface area contributed by atoms with Gasteiger partial charge in [0.1, 0.15) is 29.6 Å². The minimum atomic E-state index is -4.74. The van der Waals surface area contributed by atoms with E-state index in [1.165, 1.54) is 0 Å². The molecule has 0 bridgehead atoms. The molecular formula is C31H64B3O15P3S. The van der Waals surface area contributed by atoms with E-state index in [1.54, 1.807) is 13.8 Å². The predicted molar refractivity (Wildman–Crippen MR) is 211 cm³/mol. The van der Waals surface area contributed by atoms with Crippen molar-refractivity contribution in [3.8, 4) is 0 Å².